The Balaban J connectivity index is 1.48. The molecule has 7 heteroatoms. The van der Waals surface area contributed by atoms with E-state index >= 15 is 0 Å². The molecule has 0 bridgehead atoms. The molecule has 2 heterocycles. The SMILES string of the molecule is O=S(=O)(Cc1ccccc1Cl)NCC1CCN(c2ccccn2)CC1. The third-order valence-corrected chi connectivity index (χ3v) is 6.15. The highest BCUT2D eigenvalue weighted by Crippen LogP contribution is 2.22. The van der Waals surface area contributed by atoms with E-state index in [1.807, 2.05) is 18.2 Å². The molecule has 1 aromatic heterocycles. The summed E-state index contributed by atoms with van der Waals surface area (Å²) in [7, 11) is -3.38. The Hall–Kier alpha value is -1.63. The minimum Gasteiger partial charge on any atom is -0.357 e. The van der Waals surface area contributed by atoms with Crippen LogP contribution >= 0.6 is 11.6 Å². The Bertz CT molecular complexity index is 791. The summed E-state index contributed by atoms with van der Waals surface area (Å²) in [6.07, 6.45) is 3.70. The maximum absolute atomic E-state index is 12.3. The van der Waals surface area contributed by atoms with Gasteiger partial charge in [-0.1, -0.05) is 35.9 Å². The van der Waals surface area contributed by atoms with Gasteiger partial charge in [0.1, 0.15) is 5.82 Å². The van der Waals surface area contributed by atoms with Crippen LogP contribution in [0.1, 0.15) is 18.4 Å². The maximum atomic E-state index is 12.3. The molecule has 1 aliphatic heterocycles. The van der Waals surface area contributed by atoms with E-state index in [0.717, 1.165) is 31.7 Å². The largest absolute Gasteiger partial charge is 0.357 e. The van der Waals surface area contributed by atoms with Gasteiger partial charge in [0.25, 0.3) is 0 Å². The normalized spacial score (nSPS) is 16.1. The van der Waals surface area contributed by atoms with Gasteiger partial charge in [0.2, 0.25) is 10.0 Å². The molecule has 1 N–H and O–H groups in total. The van der Waals surface area contributed by atoms with Crippen molar-refractivity contribution in [2.45, 2.75) is 18.6 Å². The molecule has 134 valence electrons. The van der Waals surface area contributed by atoms with Gasteiger partial charge >= 0.3 is 0 Å². The number of halogens is 1. The van der Waals surface area contributed by atoms with E-state index in [-0.39, 0.29) is 5.75 Å². The Morgan fingerprint density at radius 3 is 2.52 bits per heavy atom. The minimum atomic E-state index is -3.38. The first kappa shape index (κ1) is 18.2. The number of sulfonamides is 1. The van der Waals surface area contributed by atoms with Crippen LogP contribution in [0.25, 0.3) is 0 Å². The highest BCUT2D eigenvalue weighted by atomic mass is 35.5. The first-order valence-electron chi connectivity index (χ1n) is 8.40. The minimum absolute atomic E-state index is 0.0839. The molecule has 0 atom stereocenters. The summed E-state index contributed by atoms with van der Waals surface area (Å²) in [5.74, 6) is 1.25. The van der Waals surface area contributed by atoms with Crippen molar-refractivity contribution in [3.63, 3.8) is 0 Å². The van der Waals surface area contributed by atoms with Crippen molar-refractivity contribution in [2.24, 2.45) is 5.92 Å². The molecule has 0 radical (unpaired) electrons. The smallest absolute Gasteiger partial charge is 0.215 e. The van der Waals surface area contributed by atoms with Gasteiger partial charge in [-0.3, -0.25) is 0 Å². The lowest BCUT2D eigenvalue weighted by Gasteiger charge is -2.32. The average molecular weight is 380 g/mol. The van der Waals surface area contributed by atoms with E-state index in [4.69, 9.17) is 11.6 Å². The van der Waals surface area contributed by atoms with E-state index in [9.17, 15) is 8.42 Å². The van der Waals surface area contributed by atoms with Crippen LogP contribution in [0.15, 0.2) is 48.7 Å². The summed E-state index contributed by atoms with van der Waals surface area (Å²) in [6.45, 7) is 2.27. The van der Waals surface area contributed by atoms with Crippen molar-refractivity contribution in [3.05, 3.63) is 59.2 Å². The van der Waals surface area contributed by atoms with Gasteiger partial charge in [-0.2, -0.15) is 0 Å². The summed E-state index contributed by atoms with van der Waals surface area (Å²) in [5, 5.41) is 0.483. The van der Waals surface area contributed by atoms with E-state index in [2.05, 4.69) is 14.6 Å². The molecule has 1 fully saturated rings. The Kier molecular flexibility index (Phi) is 5.93. The van der Waals surface area contributed by atoms with Crippen LogP contribution < -0.4 is 9.62 Å². The molecular weight excluding hydrogens is 358 g/mol. The molecule has 0 saturated carbocycles. The topological polar surface area (TPSA) is 62.3 Å². The Labute approximate surface area is 154 Å². The number of benzene rings is 1. The van der Waals surface area contributed by atoms with Crippen molar-refractivity contribution in [1.29, 1.82) is 0 Å². The van der Waals surface area contributed by atoms with E-state index in [1.165, 1.54) is 0 Å². The van der Waals surface area contributed by atoms with Gasteiger partial charge in [0.05, 0.1) is 5.75 Å². The van der Waals surface area contributed by atoms with Gasteiger partial charge in [0.15, 0.2) is 0 Å². The predicted octanol–water partition coefficient (Wildman–Crippen LogP) is 3.07. The highest BCUT2D eigenvalue weighted by molar-refractivity contribution is 7.88. The summed E-state index contributed by atoms with van der Waals surface area (Å²) in [5.41, 5.74) is 0.627. The fraction of sp³-hybridized carbons (Fsp3) is 0.389. The molecule has 2 aromatic rings. The molecule has 0 unspecified atom stereocenters. The number of nitrogens with zero attached hydrogens (tertiary/aromatic N) is 2. The molecule has 1 aromatic carbocycles. The van der Waals surface area contributed by atoms with Gasteiger partial charge in [-0.25, -0.2) is 18.1 Å². The van der Waals surface area contributed by atoms with Crippen molar-refractivity contribution in [2.75, 3.05) is 24.5 Å². The molecule has 1 aliphatic rings. The lowest BCUT2D eigenvalue weighted by Crippen LogP contribution is -2.39. The van der Waals surface area contributed by atoms with Gasteiger partial charge < -0.3 is 4.90 Å². The van der Waals surface area contributed by atoms with Crippen molar-refractivity contribution in [1.82, 2.24) is 9.71 Å². The van der Waals surface area contributed by atoms with Gasteiger partial charge in [0, 0.05) is 30.9 Å². The summed E-state index contributed by atoms with van der Waals surface area (Å²) >= 11 is 6.05. The molecule has 3 rings (SSSR count). The zero-order valence-corrected chi connectivity index (χ0v) is 15.5. The monoisotopic (exact) mass is 379 g/mol. The zero-order chi connectivity index (χ0) is 17.7. The number of aromatic nitrogens is 1. The molecule has 0 spiro atoms. The van der Waals surface area contributed by atoms with Crippen molar-refractivity contribution >= 4 is 27.4 Å². The first-order valence-corrected chi connectivity index (χ1v) is 10.4. The molecule has 25 heavy (non-hydrogen) atoms. The van der Waals surface area contributed by atoms with Crippen LogP contribution in [-0.4, -0.2) is 33.0 Å². The lowest BCUT2D eigenvalue weighted by molar-refractivity contribution is 0.400. The fourth-order valence-corrected chi connectivity index (χ4v) is 4.56. The summed E-state index contributed by atoms with van der Waals surface area (Å²) in [4.78, 5) is 6.61. The molecule has 0 amide bonds. The standard InChI is InChI=1S/C18H22ClN3O2S/c19-17-6-2-1-5-16(17)14-25(23,24)21-13-15-8-11-22(12-9-15)18-7-3-4-10-20-18/h1-7,10,15,21H,8-9,11-14H2. The van der Waals surface area contributed by atoms with E-state index in [1.54, 1.807) is 30.5 Å². The Morgan fingerprint density at radius 2 is 1.84 bits per heavy atom. The van der Waals surface area contributed by atoms with Crippen LogP contribution in [0.3, 0.4) is 0 Å². The zero-order valence-electron chi connectivity index (χ0n) is 13.9. The summed E-state index contributed by atoms with van der Waals surface area (Å²) < 4.78 is 27.3. The van der Waals surface area contributed by atoms with E-state index in [0.29, 0.717) is 23.0 Å². The van der Waals surface area contributed by atoms with Crippen LogP contribution in [0.4, 0.5) is 5.82 Å². The molecule has 0 aliphatic carbocycles. The maximum Gasteiger partial charge on any atom is 0.215 e. The number of pyridine rings is 1. The van der Waals surface area contributed by atoms with Crippen LogP contribution in [0.5, 0.6) is 0 Å². The van der Waals surface area contributed by atoms with Crippen LogP contribution in [-0.2, 0) is 15.8 Å². The molecule has 5 nitrogen and oxygen atoms in total. The van der Waals surface area contributed by atoms with Crippen molar-refractivity contribution < 1.29 is 8.42 Å². The second kappa shape index (κ2) is 8.17. The molecular formula is C18H22ClN3O2S. The van der Waals surface area contributed by atoms with Gasteiger partial charge in [-0.15, -0.1) is 0 Å². The summed E-state index contributed by atoms with van der Waals surface area (Å²) in [6, 6.07) is 12.9. The second-order valence-corrected chi connectivity index (χ2v) is 8.53. The number of nitrogens with one attached hydrogen (secondary N) is 1. The number of anilines is 1. The number of rotatable bonds is 6. The van der Waals surface area contributed by atoms with E-state index < -0.39 is 10.0 Å². The molecule has 1 saturated heterocycles. The second-order valence-electron chi connectivity index (χ2n) is 6.32. The van der Waals surface area contributed by atoms with Crippen LogP contribution in [0.2, 0.25) is 5.02 Å². The Morgan fingerprint density at radius 1 is 1.12 bits per heavy atom. The predicted molar refractivity (Wildman–Crippen MR) is 101 cm³/mol. The van der Waals surface area contributed by atoms with Gasteiger partial charge in [-0.05, 0) is 42.5 Å². The highest BCUT2D eigenvalue weighted by Gasteiger charge is 2.22. The average Bonchev–Trinajstić information content (AvgIpc) is 2.63. The number of hydrogen-bond acceptors (Lipinski definition) is 4. The first-order chi connectivity index (χ1) is 12.0. The third-order valence-electron chi connectivity index (χ3n) is 4.48. The van der Waals surface area contributed by atoms with Crippen LogP contribution in [0, 0.1) is 5.92 Å². The lowest BCUT2D eigenvalue weighted by atomic mass is 9.97. The third kappa shape index (κ3) is 5.17. The number of piperidine rings is 1. The quantitative estimate of drug-likeness (QED) is 0.837. The number of hydrogen-bond donors (Lipinski definition) is 1. The fourth-order valence-electron chi connectivity index (χ4n) is 3.02. The van der Waals surface area contributed by atoms with Crippen molar-refractivity contribution in [3.8, 4) is 0 Å².